The highest BCUT2D eigenvalue weighted by atomic mass is 32.2. The maximum atomic E-state index is 14.1. The first-order valence-corrected chi connectivity index (χ1v) is 8.35. The molecule has 1 N–H and O–H groups in total. The molecule has 0 aliphatic heterocycles. The zero-order chi connectivity index (χ0) is 13.7. The summed E-state index contributed by atoms with van der Waals surface area (Å²) in [6, 6.07) is 5.66. The molecule has 1 aromatic rings. The van der Waals surface area contributed by atoms with Crippen LogP contribution in [0.1, 0.15) is 51.1 Å². The van der Waals surface area contributed by atoms with Crippen LogP contribution in [-0.4, -0.2) is 12.3 Å². The van der Waals surface area contributed by atoms with Gasteiger partial charge < -0.3 is 5.32 Å². The summed E-state index contributed by atoms with van der Waals surface area (Å²) in [4.78, 5) is 0.850. The van der Waals surface area contributed by atoms with Crippen LogP contribution in [0.4, 0.5) is 4.39 Å². The van der Waals surface area contributed by atoms with E-state index in [-0.39, 0.29) is 11.9 Å². The van der Waals surface area contributed by atoms with Crippen molar-refractivity contribution < 1.29 is 4.39 Å². The van der Waals surface area contributed by atoms with Crippen LogP contribution in [0.25, 0.3) is 0 Å². The van der Waals surface area contributed by atoms with Crippen LogP contribution in [0.3, 0.4) is 0 Å². The van der Waals surface area contributed by atoms with Crippen molar-refractivity contribution in [2.45, 2.75) is 50.5 Å². The molecule has 1 aliphatic carbocycles. The van der Waals surface area contributed by atoms with Gasteiger partial charge in [0.05, 0.1) is 0 Å². The van der Waals surface area contributed by atoms with E-state index < -0.39 is 0 Å². The lowest BCUT2D eigenvalue weighted by atomic mass is 10.1. The Balaban J connectivity index is 2.08. The van der Waals surface area contributed by atoms with Gasteiger partial charge in [0.1, 0.15) is 5.82 Å². The molecule has 1 fully saturated rings. The van der Waals surface area contributed by atoms with Gasteiger partial charge in [0.15, 0.2) is 0 Å². The van der Waals surface area contributed by atoms with Crippen molar-refractivity contribution in [2.24, 2.45) is 5.92 Å². The van der Waals surface area contributed by atoms with Gasteiger partial charge >= 0.3 is 0 Å². The lowest BCUT2D eigenvalue weighted by Crippen LogP contribution is -2.18. The zero-order valence-corrected chi connectivity index (χ0v) is 12.7. The van der Waals surface area contributed by atoms with E-state index in [0.29, 0.717) is 0 Å². The van der Waals surface area contributed by atoms with Gasteiger partial charge in [-0.2, -0.15) is 0 Å². The van der Waals surface area contributed by atoms with Crippen molar-refractivity contribution in [2.75, 3.05) is 12.3 Å². The number of halogens is 1. The first-order chi connectivity index (χ1) is 9.22. The zero-order valence-electron chi connectivity index (χ0n) is 11.9. The molecule has 0 radical (unpaired) electrons. The predicted octanol–water partition coefficient (Wildman–Crippen LogP) is 4.78. The molecule has 1 unspecified atom stereocenters. The Bertz CT molecular complexity index is 402. The van der Waals surface area contributed by atoms with Gasteiger partial charge in [0.25, 0.3) is 0 Å². The minimum atomic E-state index is -0.0646. The van der Waals surface area contributed by atoms with Gasteiger partial charge in [0.2, 0.25) is 0 Å². The summed E-state index contributed by atoms with van der Waals surface area (Å²) in [7, 11) is 0. The van der Waals surface area contributed by atoms with Gasteiger partial charge in [-0.1, -0.05) is 31.9 Å². The van der Waals surface area contributed by atoms with Crippen molar-refractivity contribution in [3.05, 3.63) is 29.6 Å². The molecule has 106 valence electrons. The number of rotatable bonds is 6. The fraction of sp³-hybridized carbons (Fsp3) is 0.625. The van der Waals surface area contributed by atoms with Crippen molar-refractivity contribution in [3.63, 3.8) is 0 Å². The minimum absolute atomic E-state index is 0.0646. The quantitative estimate of drug-likeness (QED) is 0.753. The Morgan fingerprint density at radius 3 is 2.79 bits per heavy atom. The average molecular weight is 281 g/mol. The lowest BCUT2D eigenvalue weighted by Gasteiger charge is -2.18. The van der Waals surface area contributed by atoms with Crippen LogP contribution in [0.15, 0.2) is 23.1 Å². The first-order valence-electron chi connectivity index (χ1n) is 7.37. The molecule has 1 aromatic carbocycles. The predicted molar refractivity (Wildman–Crippen MR) is 81.2 cm³/mol. The van der Waals surface area contributed by atoms with Crippen LogP contribution in [-0.2, 0) is 0 Å². The number of thioether (sulfide) groups is 1. The summed E-state index contributed by atoms with van der Waals surface area (Å²) in [5.41, 5.74) is 1.10. The standard InChI is InChI=1S/C16H24FNS/c1-3-18-12(2)14-9-6-10-15(17)16(14)19-11-13-7-4-5-8-13/h6,9-10,12-13,18H,3-5,7-8,11H2,1-2H3. The molecule has 1 atom stereocenters. The molecule has 0 spiro atoms. The van der Waals surface area contributed by atoms with Crippen molar-refractivity contribution in [3.8, 4) is 0 Å². The first kappa shape index (κ1) is 14.9. The summed E-state index contributed by atoms with van der Waals surface area (Å²) in [5, 5.41) is 3.38. The lowest BCUT2D eigenvalue weighted by molar-refractivity contribution is 0.556. The summed E-state index contributed by atoms with van der Waals surface area (Å²) < 4.78 is 14.1. The van der Waals surface area contributed by atoms with Crippen molar-refractivity contribution in [1.29, 1.82) is 0 Å². The topological polar surface area (TPSA) is 12.0 Å². The summed E-state index contributed by atoms with van der Waals surface area (Å²) >= 11 is 1.71. The third kappa shape index (κ3) is 3.96. The fourth-order valence-electron chi connectivity index (χ4n) is 2.81. The monoisotopic (exact) mass is 281 g/mol. The molecule has 0 amide bonds. The highest BCUT2D eigenvalue weighted by Gasteiger charge is 2.19. The van der Waals surface area contributed by atoms with Crippen LogP contribution in [0.2, 0.25) is 0 Å². The number of hydrogen-bond donors (Lipinski definition) is 1. The molecule has 0 saturated heterocycles. The third-order valence-corrected chi connectivity index (χ3v) is 5.27. The van der Waals surface area contributed by atoms with Crippen molar-refractivity contribution in [1.82, 2.24) is 5.32 Å². The van der Waals surface area contributed by atoms with Gasteiger partial charge in [-0.15, -0.1) is 11.8 Å². The Hall–Kier alpha value is -0.540. The molecule has 0 aromatic heterocycles. The smallest absolute Gasteiger partial charge is 0.137 e. The van der Waals surface area contributed by atoms with Gasteiger partial charge in [-0.3, -0.25) is 0 Å². The van der Waals surface area contributed by atoms with E-state index >= 15 is 0 Å². The second kappa shape index (κ2) is 7.30. The van der Waals surface area contributed by atoms with E-state index in [9.17, 15) is 4.39 Å². The number of hydrogen-bond acceptors (Lipinski definition) is 2. The molecule has 2 rings (SSSR count). The Morgan fingerprint density at radius 2 is 2.11 bits per heavy atom. The fourth-order valence-corrected chi connectivity index (χ4v) is 4.17. The minimum Gasteiger partial charge on any atom is -0.310 e. The van der Waals surface area contributed by atoms with E-state index in [0.717, 1.165) is 28.7 Å². The highest BCUT2D eigenvalue weighted by molar-refractivity contribution is 7.99. The van der Waals surface area contributed by atoms with E-state index in [1.807, 2.05) is 12.1 Å². The van der Waals surface area contributed by atoms with Crippen LogP contribution >= 0.6 is 11.8 Å². The summed E-state index contributed by atoms with van der Waals surface area (Å²) in [6.45, 7) is 5.10. The molecule has 19 heavy (non-hydrogen) atoms. The SMILES string of the molecule is CCNC(C)c1cccc(F)c1SCC1CCCC1. The second-order valence-corrected chi connectivity index (χ2v) is 6.43. The Kier molecular flexibility index (Phi) is 5.71. The van der Waals surface area contributed by atoms with E-state index in [2.05, 4.69) is 19.2 Å². The molecule has 1 aliphatic rings. The van der Waals surface area contributed by atoms with E-state index in [1.165, 1.54) is 25.7 Å². The number of benzene rings is 1. The molecular weight excluding hydrogens is 257 g/mol. The van der Waals surface area contributed by atoms with Crippen LogP contribution in [0, 0.1) is 11.7 Å². The second-order valence-electron chi connectivity index (χ2n) is 5.40. The summed E-state index contributed by atoms with van der Waals surface area (Å²) in [6.07, 6.45) is 5.34. The highest BCUT2D eigenvalue weighted by Crippen LogP contribution is 2.35. The van der Waals surface area contributed by atoms with Gasteiger partial charge in [-0.05, 0) is 43.9 Å². The molecule has 1 saturated carbocycles. The largest absolute Gasteiger partial charge is 0.310 e. The molecular formula is C16H24FNS. The Labute approximate surface area is 120 Å². The number of nitrogens with one attached hydrogen (secondary N) is 1. The maximum Gasteiger partial charge on any atom is 0.137 e. The normalized spacial score (nSPS) is 17.8. The summed E-state index contributed by atoms with van der Waals surface area (Å²) in [5.74, 6) is 1.78. The molecule has 0 heterocycles. The van der Waals surface area contributed by atoms with Crippen molar-refractivity contribution >= 4 is 11.8 Å². The van der Waals surface area contributed by atoms with E-state index in [1.54, 1.807) is 17.8 Å². The molecule has 0 bridgehead atoms. The molecule has 3 heteroatoms. The van der Waals surface area contributed by atoms with Crippen LogP contribution < -0.4 is 5.32 Å². The van der Waals surface area contributed by atoms with Crippen LogP contribution in [0.5, 0.6) is 0 Å². The Morgan fingerprint density at radius 1 is 1.37 bits per heavy atom. The molecule has 1 nitrogen and oxygen atoms in total. The third-order valence-electron chi connectivity index (χ3n) is 3.91. The van der Waals surface area contributed by atoms with Gasteiger partial charge in [-0.25, -0.2) is 4.39 Å². The average Bonchev–Trinajstić information content (AvgIpc) is 2.90. The maximum absolute atomic E-state index is 14.1. The van der Waals surface area contributed by atoms with E-state index in [4.69, 9.17) is 0 Å². The van der Waals surface area contributed by atoms with Gasteiger partial charge in [0, 0.05) is 16.7 Å².